The van der Waals surface area contributed by atoms with Crippen molar-refractivity contribution in [3.63, 3.8) is 0 Å². The van der Waals surface area contributed by atoms with Crippen LogP contribution in [-0.2, 0) is 71.2 Å². The third-order valence-electron chi connectivity index (χ3n) is 51.0. The second kappa shape index (κ2) is 37.5. The maximum absolute atomic E-state index is 13.4. The lowest BCUT2D eigenvalue weighted by atomic mass is 9.43. The van der Waals surface area contributed by atoms with E-state index in [0.29, 0.717) is 209 Å². The van der Waals surface area contributed by atoms with E-state index in [1.54, 1.807) is 0 Å². The maximum Gasteiger partial charge on any atom is 0.307 e. The van der Waals surface area contributed by atoms with Crippen LogP contribution >= 0.6 is 0 Å². The molecule has 0 heterocycles. The maximum atomic E-state index is 13.4. The number of rotatable bonds is 33. The van der Waals surface area contributed by atoms with Gasteiger partial charge < -0.3 is 103 Å². The molecule has 0 radical (unpaired) electrons. The van der Waals surface area contributed by atoms with Crippen LogP contribution < -0.4 is 0 Å². The third kappa shape index (κ3) is 17.4. The highest BCUT2D eigenvalue weighted by Gasteiger charge is 2.74. The van der Waals surface area contributed by atoms with Crippen LogP contribution in [0.1, 0.15) is 371 Å². The molecule has 0 aromatic heterocycles. The van der Waals surface area contributed by atoms with Crippen LogP contribution in [0.4, 0.5) is 0 Å². The Bertz CT molecular complexity index is 4020. The first-order valence-corrected chi connectivity index (χ1v) is 59.1. The number of esters is 3. The summed E-state index contributed by atoms with van der Waals surface area (Å²) in [4.78, 5) is 40.2. The van der Waals surface area contributed by atoms with Crippen LogP contribution in [0.5, 0.6) is 0 Å². The predicted molar refractivity (Wildman–Crippen MR) is 523 cm³/mol. The first-order valence-electron chi connectivity index (χ1n) is 59.1. The Hall–Kier alpha value is -2.31. The number of carbonyl (C=O) groups is 3. The van der Waals surface area contributed by atoms with Crippen molar-refractivity contribution in [3.05, 3.63) is 0 Å². The Balaban J connectivity index is 0.412. The first-order chi connectivity index (χ1) is 67.7. The fraction of sp³-hybridized carbons (Fsp3) is 0.975. The fourth-order valence-electron chi connectivity index (χ4n) is 45.0. The van der Waals surface area contributed by atoms with E-state index in [0.717, 1.165) is 74.0 Å². The number of aliphatic hydroxyl groups excluding tert-OH is 6. The van der Waals surface area contributed by atoms with Gasteiger partial charge in [-0.2, -0.15) is 0 Å². The zero-order valence-corrected chi connectivity index (χ0v) is 87.9. The van der Waals surface area contributed by atoms with E-state index >= 15 is 0 Å². The number of ether oxygens (including phenoxy) is 12. The SMILES string of the molecule is C[C@H](CCC(=O)OCOC1C2CC3CC(C2)CC1C3)[C@H]1CCC2C3C(C[C@H](O)[C@@]21C)[C@@]1(C)CC[C@@](O)(OCOC24CC5CC(OCO[C@]6(O)CC[C@]7(C)C8C[C@H](O)[C@@]9(C)C(CC[C@@H]9[C@H](C)CCC(=O)OCOC9C%10CC%11CC(C%10)CC9C%11)C8[C@H](O)C[C@@H]7C6)(C2)CC(OCO[C@]2(O)CC[C@]6(C)C7C[C@H](O)[C@@]8(C)C(CC[C@@H]8[C@H](C)CCC(=O)OCOC8C9CC%10CC(C9)CC8C%10)C7[C@H](O)C[C@@H]6C2)(C5)C4)C[C@H]1C[C@H]3O. The van der Waals surface area contributed by atoms with Crippen LogP contribution in [0.2, 0.25) is 0 Å². The topological polar surface area (TPSA) is 344 Å². The van der Waals surface area contributed by atoms with Gasteiger partial charge >= 0.3 is 17.9 Å². The minimum atomic E-state index is -1.56. The van der Waals surface area contributed by atoms with E-state index in [9.17, 15) is 60.3 Å². The van der Waals surface area contributed by atoms with Crippen LogP contribution in [-0.4, -0.2) is 194 Å². The van der Waals surface area contributed by atoms with E-state index in [1.807, 2.05) is 0 Å². The summed E-state index contributed by atoms with van der Waals surface area (Å²) in [6, 6.07) is 0. The van der Waals surface area contributed by atoms with E-state index in [4.69, 9.17) is 56.8 Å². The minimum Gasteiger partial charge on any atom is -0.438 e. The molecule has 800 valence electrons. The standard InChI is InChI=1S/C118H184O24/c1-64(10-19-98(125)131-58-134-104-74-31-67-28-68(33-74)34-75(104)32-67)83-13-16-86-101-89(46-95(122)110(83,86)7)107(4)22-25-116(128,52-80(107)43-92(101)119)140-61-137-113-49-73-50-114(55-113,138-62-141-117(129)26-23-108(5)81(53-117)44-93(120)102-87-17-14-84(111(87,8)96(123)47-90(102)108)65(2)11-20-99(126)132-59-135-105-76-35-69-29-70(37-76)38-77(105)36-69)57-115(51-73,56-113)139-63-142-118(130)27-24-109(6)82(54-118)45-94(121)103-88-18-15-85(112(88,9)97(124)48-91(103)109)66(3)12-21-100(127)133-60-136-106-78-39-71-30-72(41-78)42-79(106)40-71/h64-97,101-106,119-124,128-130H,10-63H2,1-9H3/t64-,65-,66-,67?,68?,69?,70?,71?,72?,73?,74?,75?,76?,77?,78?,79?,80-,81-,82-,83-,84-,85-,86?,87?,88?,89?,90?,91?,92-,93-,94-,95+,96+,97+,101?,102?,103?,104?,105?,106?,107+,108+,109+,110-,111-,112-,113?,114?,115?,116-,117-,118-/m1/s1. The van der Waals surface area contributed by atoms with Crippen LogP contribution in [0, 0.1) is 216 Å². The third-order valence-corrected chi connectivity index (χ3v) is 51.0. The van der Waals surface area contributed by atoms with Gasteiger partial charge in [-0.15, -0.1) is 0 Å². The average Bonchev–Trinajstić information content (AvgIpc) is 1.56. The van der Waals surface area contributed by atoms with Gasteiger partial charge in [0.25, 0.3) is 0 Å². The Kier molecular flexibility index (Phi) is 26.8. The van der Waals surface area contributed by atoms with Crippen LogP contribution in [0.25, 0.3) is 0 Å². The van der Waals surface area contributed by atoms with Crippen molar-refractivity contribution in [3.8, 4) is 0 Å². The Labute approximate surface area is 846 Å². The largest absolute Gasteiger partial charge is 0.438 e. The summed E-state index contributed by atoms with van der Waals surface area (Å²) in [6.45, 7) is 20.1. The molecule has 16 bridgehead atoms. The van der Waals surface area contributed by atoms with Crippen molar-refractivity contribution in [2.45, 2.75) is 460 Å². The summed E-state index contributed by atoms with van der Waals surface area (Å²) in [5, 5.41) is 115. The summed E-state index contributed by atoms with van der Waals surface area (Å²) in [5.74, 6) is 4.64. The molecule has 0 spiro atoms. The predicted octanol–water partition coefficient (Wildman–Crippen LogP) is 18.3. The Morgan fingerprint density at radius 1 is 0.289 bits per heavy atom. The summed E-state index contributed by atoms with van der Waals surface area (Å²) < 4.78 is 78.6. The molecule has 28 aliphatic carbocycles. The number of hydrogen-bond donors (Lipinski definition) is 9. The van der Waals surface area contributed by atoms with Crippen molar-refractivity contribution in [1.29, 1.82) is 0 Å². The van der Waals surface area contributed by atoms with Gasteiger partial charge in [-0.05, 0) is 447 Å². The molecule has 28 aliphatic rings. The zero-order valence-electron chi connectivity index (χ0n) is 87.9. The Morgan fingerprint density at radius 3 is 0.796 bits per heavy atom. The van der Waals surface area contributed by atoms with Crippen LogP contribution in [0.3, 0.4) is 0 Å². The van der Waals surface area contributed by atoms with E-state index in [1.165, 1.54) is 96.3 Å². The lowest BCUT2D eigenvalue weighted by Gasteiger charge is -2.65. The second-order valence-electron chi connectivity index (χ2n) is 57.7. The van der Waals surface area contributed by atoms with E-state index in [-0.39, 0.29) is 206 Å². The summed E-state index contributed by atoms with van der Waals surface area (Å²) in [6.07, 6.45) is 35.4. The van der Waals surface area contributed by atoms with Gasteiger partial charge in [0.1, 0.15) is 0 Å². The molecule has 0 amide bonds. The summed E-state index contributed by atoms with van der Waals surface area (Å²) in [7, 11) is 0. The molecule has 0 saturated heterocycles. The Morgan fingerprint density at radius 2 is 0.542 bits per heavy atom. The lowest BCUT2D eigenvalue weighted by molar-refractivity contribution is -0.366. The van der Waals surface area contributed by atoms with Crippen LogP contribution in [0.15, 0.2) is 0 Å². The van der Waals surface area contributed by atoms with Gasteiger partial charge in [0, 0.05) is 77.0 Å². The molecule has 9 N–H and O–H groups in total. The molecule has 142 heavy (non-hydrogen) atoms. The molecule has 33 atom stereocenters. The van der Waals surface area contributed by atoms with Gasteiger partial charge in [-0.1, -0.05) is 62.3 Å². The molecular formula is C118H184O24. The zero-order chi connectivity index (χ0) is 98.5. The molecule has 24 heteroatoms. The summed E-state index contributed by atoms with van der Waals surface area (Å²) >= 11 is 0. The molecule has 0 aliphatic heterocycles. The highest BCUT2D eigenvalue weighted by molar-refractivity contribution is 5.70. The number of aliphatic hydroxyl groups is 9. The van der Waals surface area contributed by atoms with Gasteiger partial charge in [-0.25, -0.2) is 0 Å². The number of hydrogen-bond acceptors (Lipinski definition) is 24. The minimum absolute atomic E-state index is 0.00691. The quantitative estimate of drug-likeness (QED) is 0.0167. The van der Waals surface area contributed by atoms with Crippen molar-refractivity contribution >= 4 is 17.9 Å². The lowest BCUT2D eigenvalue weighted by Crippen LogP contribution is -2.68. The summed E-state index contributed by atoms with van der Waals surface area (Å²) in [5.41, 5.74) is -4.65. The molecule has 28 saturated carbocycles. The van der Waals surface area contributed by atoms with Gasteiger partial charge in [0.15, 0.2) is 58.1 Å². The molecule has 9 unspecified atom stereocenters. The monoisotopic (exact) mass is 1990 g/mol. The number of fused-ring (bicyclic) bond motifs is 15. The van der Waals surface area contributed by atoms with Crippen molar-refractivity contribution in [2.75, 3.05) is 40.8 Å². The second-order valence-corrected chi connectivity index (χ2v) is 57.7. The van der Waals surface area contributed by atoms with Crippen molar-refractivity contribution in [1.82, 2.24) is 0 Å². The fourth-order valence-corrected chi connectivity index (χ4v) is 45.0. The van der Waals surface area contributed by atoms with Gasteiger partial charge in [-0.3, -0.25) is 14.4 Å². The van der Waals surface area contributed by atoms with Gasteiger partial charge in [0.2, 0.25) is 0 Å². The van der Waals surface area contributed by atoms with E-state index in [2.05, 4.69) is 62.3 Å². The first kappa shape index (κ1) is 102. The van der Waals surface area contributed by atoms with Crippen molar-refractivity contribution in [2.24, 2.45) is 216 Å². The van der Waals surface area contributed by atoms with Crippen molar-refractivity contribution < 1.29 is 117 Å². The smallest absolute Gasteiger partial charge is 0.307 e. The molecule has 24 nitrogen and oxygen atoms in total. The number of carbonyl (C=O) groups excluding carboxylic acids is 3. The van der Waals surface area contributed by atoms with Gasteiger partial charge in [0.05, 0.1) is 71.7 Å². The molecule has 28 fully saturated rings. The molecule has 0 aromatic rings. The highest BCUT2D eigenvalue weighted by atomic mass is 16.8. The van der Waals surface area contributed by atoms with E-state index < -0.39 is 87.0 Å². The average molecular weight is 1990 g/mol. The normalized spacial score (nSPS) is 55.4. The molecule has 0 aromatic carbocycles. The highest BCUT2D eigenvalue weighted by Crippen LogP contribution is 2.75. The molecule has 28 rings (SSSR count). The molecular weight excluding hydrogens is 1800 g/mol.